The van der Waals surface area contributed by atoms with Crippen molar-refractivity contribution >= 4 is 11.9 Å². The monoisotopic (exact) mass is 387 g/mol. The van der Waals surface area contributed by atoms with Crippen LogP contribution in [-0.2, 0) is 16.1 Å². The highest BCUT2D eigenvalue weighted by molar-refractivity contribution is 5.76. The summed E-state index contributed by atoms with van der Waals surface area (Å²) in [6.07, 6.45) is 4.01. The predicted molar refractivity (Wildman–Crippen MR) is 109 cm³/mol. The van der Waals surface area contributed by atoms with Crippen LogP contribution in [0.1, 0.15) is 37.7 Å². The van der Waals surface area contributed by atoms with Crippen molar-refractivity contribution in [2.75, 3.05) is 45.8 Å². The Kier molecular flexibility index (Phi) is 7.86. The van der Waals surface area contributed by atoms with E-state index in [0.29, 0.717) is 18.9 Å². The second kappa shape index (κ2) is 10.6. The zero-order valence-corrected chi connectivity index (χ0v) is 16.8. The third-order valence-corrected chi connectivity index (χ3v) is 5.99. The molecule has 1 amide bonds. The lowest BCUT2D eigenvalue weighted by atomic mass is 9.93. The number of carboxylic acids is 1. The fourth-order valence-corrected chi connectivity index (χ4v) is 4.33. The van der Waals surface area contributed by atoms with Crippen molar-refractivity contribution < 1.29 is 14.7 Å². The van der Waals surface area contributed by atoms with Gasteiger partial charge in [0.1, 0.15) is 0 Å². The number of likely N-dealkylation sites (tertiary alicyclic amines) is 1. The number of carboxylic acid groups (broad SMARTS) is 1. The number of piperazine rings is 1. The fourth-order valence-electron chi connectivity index (χ4n) is 4.33. The number of amides is 1. The lowest BCUT2D eigenvalue weighted by Crippen LogP contribution is -2.48. The summed E-state index contributed by atoms with van der Waals surface area (Å²) in [5.74, 6) is 0.0663. The molecule has 2 fully saturated rings. The minimum absolute atomic E-state index is 0.207. The average Bonchev–Trinajstić information content (AvgIpc) is 2.72. The molecule has 0 saturated carbocycles. The van der Waals surface area contributed by atoms with Crippen LogP contribution in [0.15, 0.2) is 30.3 Å². The molecule has 0 spiro atoms. The summed E-state index contributed by atoms with van der Waals surface area (Å²) in [5, 5.41) is 8.85. The van der Waals surface area contributed by atoms with Gasteiger partial charge in [-0.2, -0.15) is 0 Å². The molecule has 2 aliphatic heterocycles. The molecule has 0 unspecified atom stereocenters. The van der Waals surface area contributed by atoms with E-state index in [0.717, 1.165) is 65.1 Å². The fraction of sp³-hybridized carbons (Fsp3) is 0.636. The van der Waals surface area contributed by atoms with Crippen molar-refractivity contribution in [2.24, 2.45) is 5.92 Å². The molecule has 2 saturated heterocycles. The van der Waals surface area contributed by atoms with E-state index >= 15 is 0 Å². The zero-order valence-electron chi connectivity index (χ0n) is 16.8. The maximum Gasteiger partial charge on any atom is 0.304 e. The minimum atomic E-state index is -0.733. The number of rotatable bonds is 8. The van der Waals surface area contributed by atoms with Crippen LogP contribution >= 0.6 is 0 Å². The summed E-state index contributed by atoms with van der Waals surface area (Å²) >= 11 is 0. The van der Waals surface area contributed by atoms with E-state index in [9.17, 15) is 9.59 Å². The van der Waals surface area contributed by atoms with Crippen LogP contribution in [0.3, 0.4) is 0 Å². The molecule has 1 aromatic carbocycles. The Bertz CT molecular complexity index is 629. The molecule has 0 radical (unpaired) electrons. The summed E-state index contributed by atoms with van der Waals surface area (Å²) in [7, 11) is 0. The predicted octanol–water partition coefficient (Wildman–Crippen LogP) is 2.30. The maximum atomic E-state index is 12.6. The first-order valence-corrected chi connectivity index (χ1v) is 10.6. The van der Waals surface area contributed by atoms with Crippen molar-refractivity contribution in [3.8, 4) is 0 Å². The first-order chi connectivity index (χ1) is 13.6. The molecule has 154 valence electrons. The molecular weight excluding hydrogens is 354 g/mol. The Morgan fingerprint density at radius 3 is 2.43 bits per heavy atom. The van der Waals surface area contributed by atoms with Gasteiger partial charge in [0, 0.05) is 52.2 Å². The third kappa shape index (κ3) is 6.60. The average molecular weight is 388 g/mol. The van der Waals surface area contributed by atoms with Gasteiger partial charge < -0.3 is 14.9 Å². The molecule has 3 rings (SSSR count). The summed E-state index contributed by atoms with van der Waals surface area (Å²) in [6, 6.07) is 10.5. The Hall–Kier alpha value is -1.92. The normalized spacial score (nSPS) is 21.6. The molecule has 2 aliphatic rings. The van der Waals surface area contributed by atoms with Crippen molar-refractivity contribution in [1.82, 2.24) is 14.7 Å². The van der Waals surface area contributed by atoms with E-state index in [1.807, 2.05) is 11.0 Å². The molecule has 6 heteroatoms. The highest BCUT2D eigenvalue weighted by Gasteiger charge is 2.24. The van der Waals surface area contributed by atoms with Gasteiger partial charge in [-0.3, -0.25) is 14.5 Å². The molecule has 2 heterocycles. The smallest absolute Gasteiger partial charge is 0.304 e. The highest BCUT2D eigenvalue weighted by Crippen LogP contribution is 2.22. The second-order valence-electron chi connectivity index (χ2n) is 8.13. The first-order valence-electron chi connectivity index (χ1n) is 10.6. The van der Waals surface area contributed by atoms with Gasteiger partial charge in [0.05, 0.1) is 6.42 Å². The second-order valence-corrected chi connectivity index (χ2v) is 8.13. The van der Waals surface area contributed by atoms with E-state index < -0.39 is 5.97 Å². The lowest BCUT2D eigenvalue weighted by molar-refractivity contribution is -0.137. The van der Waals surface area contributed by atoms with Crippen molar-refractivity contribution in [2.45, 2.75) is 38.6 Å². The SMILES string of the molecule is O=C(O)CCN1CCC[C@@H](CCC(=O)N2CCN(Cc3ccccc3)CC2)C1. The Morgan fingerprint density at radius 2 is 1.71 bits per heavy atom. The maximum absolute atomic E-state index is 12.6. The first kappa shape index (κ1) is 20.8. The van der Waals surface area contributed by atoms with Gasteiger partial charge in [0.25, 0.3) is 0 Å². The van der Waals surface area contributed by atoms with Gasteiger partial charge in [0.15, 0.2) is 0 Å². The third-order valence-electron chi connectivity index (χ3n) is 5.99. The van der Waals surface area contributed by atoms with Crippen LogP contribution in [0.2, 0.25) is 0 Å². The Morgan fingerprint density at radius 1 is 0.964 bits per heavy atom. The zero-order chi connectivity index (χ0) is 19.8. The largest absolute Gasteiger partial charge is 0.481 e. The number of carbonyl (C=O) groups excluding carboxylic acids is 1. The van der Waals surface area contributed by atoms with Crippen molar-refractivity contribution in [3.63, 3.8) is 0 Å². The summed E-state index contributed by atoms with van der Waals surface area (Å²) in [4.78, 5) is 30.1. The van der Waals surface area contributed by atoms with Crippen LogP contribution in [0, 0.1) is 5.92 Å². The van der Waals surface area contributed by atoms with Gasteiger partial charge in [-0.05, 0) is 37.3 Å². The van der Waals surface area contributed by atoms with Gasteiger partial charge in [-0.1, -0.05) is 30.3 Å². The number of hydrogen-bond acceptors (Lipinski definition) is 4. The lowest BCUT2D eigenvalue weighted by Gasteiger charge is -2.36. The van der Waals surface area contributed by atoms with E-state index in [4.69, 9.17) is 5.11 Å². The van der Waals surface area contributed by atoms with Crippen LogP contribution < -0.4 is 0 Å². The van der Waals surface area contributed by atoms with Crippen LogP contribution in [0.5, 0.6) is 0 Å². The van der Waals surface area contributed by atoms with Gasteiger partial charge in [-0.25, -0.2) is 0 Å². The number of carbonyl (C=O) groups is 2. The van der Waals surface area contributed by atoms with Crippen molar-refractivity contribution in [3.05, 3.63) is 35.9 Å². The molecule has 1 aromatic rings. The standard InChI is InChI=1S/C22H33N3O3/c26-21(9-8-20-7-4-11-23(18-20)12-10-22(27)28)25-15-13-24(14-16-25)17-19-5-2-1-3-6-19/h1-3,5-6,20H,4,7-18H2,(H,27,28)/t20-/m0/s1. The molecule has 0 aliphatic carbocycles. The minimum Gasteiger partial charge on any atom is -0.481 e. The quantitative estimate of drug-likeness (QED) is 0.742. The van der Waals surface area contributed by atoms with Crippen molar-refractivity contribution in [1.29, 1.82) is 0 Å². The van der Waals surface area contributed by atoms with Gasteiger partial charge in [-0.15, -0.1) is 0 Å². The number of hydrogen-bond donors (Lipinski definition) is 1. The van der Waals surface area contributed by atoms with E-state index in [1.165, 1.54) is 5.56 Å². The van der Waals surface area contributed by atoms with E-state index in [2.05, 4.69) is 34.1 Å². The molecule has 0 aromatic heterocycles. The van der Waals surface area contributed by atoms with Gasteiger partial charge in [0.2, 0.25) is 5.91 Å². The van der Waals surface area contributed by atoms with Crippen LogP contribution in [0.4, 0.5) is 0 Å². The highest BCUT2D eigenvalue weighted by atomic mass is 16.4. The summed E-state index contributed by atoms with van der Waals surface area (Å²) < 4.78 is 0. The molecule has 1 atom stereocenters. The Labute approximate surface area is 168 Å². The van der Waals surface area contributed by atoms with Gasteiger partial charge >= 0.3 is 5.97 Å². The van der Waals surface area contributed by atoms with E-state index in [1.54, 1.807) is 0 Å². The molecular formula is C22H33N3O3. The number of benzene rings is 1. The Balaban J connectivity index is 1.34. The molecule has 1 N–H and O–H groups in total. The molecule has 6 nitrogen and oxygen atoms in total. The molecule has 28 heavy (non-hydrogen) atoms. The summed E-state index contributed by atoms with van der Waals surface area (Å²) in [6.45, 7) is 7.02. The number of piperidine rings is 1. The number of aliphatic carboxylic acids is 1. The number of nitrogens with zero attached hydrogens (tertiary/aromatic N) is 3. The summed E-state index contributed by atoms with van der Waals surface area (Å²) in [5.41, 5.74) is 1.33. The van der Waals surface area contributed by atoms with E-state index in [-0.39, 0.29) is 12.3 Å². The van der Waals surface area contributed by atoms with Crippen LogP contribution in [-0.4, -0.2) is 77.5 Å². The topological polar surface area (TPSA) is 64.1 Å². The molecule has 0 bridgehead atoms. The van der Waals surface area contributed by atoms with Crippen LogP contribution in [0.25, 0.3) is 0 Å².